The first-order valence-electron chi connectivity index (χ1n) is 8.32. The lowest BCUT2D eigenvalue weighted by Gasteiger charge is -2.24. The van der Waals surface area contributed by atoms with E-state index >= 15 is 0 Å². The van der Waals surface area contributed by atoms with Gasteiger partial charge in [-0.1, -0.05) is 0 Å². The molecule has 2 atom stereocenters. The molecule has 0 aliphatic rings. The first-order chi connectivity index (χ1) is 14.3. The van der Waals surface area contributed by atoms with E-state index in [0.29, 0.717) is 24.3 Å². The summed E-state index contributed by atoms with van der Waals surface area (Å²) in [6.07, 6.45) is -13.9. The van der Waals surface area contributed by atoms with E-state index in [2.05, 4.69) is 0 Å². The molecule has 0 aliphatic carbocycles. The predicted molar refractivity (Wildman–Crippen MR) is 91.3 cm³/mol. The summed E-state index contributed by atoms with van der Waals surface area (Å²) in [6.45, 7) is 0. The number of nitrogens with zero attached hydrogens (tertiary/aromatic N) is 3. The van der Waals surface area contributed by atoms with Gasteiger partial charge in [0, 0.05) is 0 Å². The fourth-order valence-electron chi connectivity index (χ4n) is 2.83. The number of aliphatic hydroxyl groups excluding tert-OH is 2. The van der Waals surface area contributed by atoms with E-state index in [1.807, 2.05) is 0 Å². The van der Waals surface area contributed by atoms with Gasteiger partial charge in [-0.05, 0) is 47.5 Å². The first kappa shape index (κ1) is 23.7. The fraction of sp³-hybridized carbons (Fsp3) is 0.250. The van der Waals surface area contributed by atoms with Crippen LogP contribution in [0.5, 0.6) is 0 Å². The van der Waals surface area contributed by atoms with Crippen LogP contribution in [0.1, 0.15) is 45.6 Å². The highest BCUT2D eigenvalue weighted by Crippen LogP contribution is 2.38. The Balaban J connectivity index is 2.53. The van der Waals surface area contributed by atoms with Gasteiger partial charge in [0.2, 0.25) is 0 Å². The number of hydrogen-bond acceptors (Lipinski definition) is 5. The zero-order valence-corrected chi connectivity index (χ0v) is 15.2. The Hall–Kier alpha value is -3.59. The van der Waals surface area contributed by atoms with Crippen LogP contribution in [-0.4, -0.2) is 10.2 Å². The maximum Gasteiger partial charge on any atom is 0.416 e. The lowest BCUT2D eigenvalue weighted by atomic mass is 9.86. The molecule has 2 N–H and O–H groups in total. The summed E-state index contributed by atoms with van der Waals surface area (Å²) in [5.41, 5.74) is -4.63. The maximum absolute atomic E-state index is 13.1. The van der Waals surface area contributed by atoms with Gasteiger partial charge >= 0.3 is 12.4 Å². The third kappa shape index (κ3) is 5.32. The number of halogens is 6. The van der Waals surface area contributed by atoms with Crippen LogP contribution in [0.4, 0.5) is 26.3 Å². The molecule has 0 spiro atoms. The van der Waals surface area contributed by atoms with E-state index in [4.69, 9.17) is 10.5 Å². The van der Waals surface area contributed by atoms with Crippen molar-refractivity contribution in [1.29, 1.82) is 15.8 Å². The molecule has 0 saturated heterocycles. The number of hydrogen-bond donors (Lipinski definition) is 2. The topological polar surface area (TPSA) is 112 Å². The minimum atomic E-state index is -4.88. The number of aliphatic hydroxyl groups is 2. The van der Waals surface area contributed by atoms with Crippen molar-refractivity contribution >= 4 is 0 Å². The highest BCUT2D eigenvalue weighted by atomic mass is 19.4. The lowest BCUT2D eigenvalue weighted by Crippen LogP contribution is -2.21. The Bertz CT molecular complexity index is 1020. The van der Waals surface area contributed by atoms with Crippen molar-refractivity contribution in [2.24, 2.45) is 5.92 Å². The van der Waals surface area contributed by atoms with Crippen LogP contribution in [0, 0.1) is 39.9 Å². The second-order valence-corrected chi connectivity index (χ2v) is 6.45. The molecule has 160 valence electrons. The number of nitriles is 3. The molecule has 11 heteroatoms. The average molecular weight is 439 g/mol. The second-order valence-electron chi connectivity index (χ2n) is 6.45. The van der Waals surface area contributed by atoms with Gasteiger partial charge in [0.15, 0.2) is 0 Å². The molecular weight excluding hydrogens is 428 g/mol. The third-order valence-corrected chi connectivity index (χ3v) is 4.34. The van der Waals surface area contributed by atoms with Crippen LogP contribution in [0.25, 0.3) is 0 Å². The molecule has 2 unspecified atom stereocenters. The highest BCUT2D eigenvalue weighted by molar-refractivity contribution is 5.42. The molecule has 0 amide bonds. The molecule has 2 rings (SSSR count). The number of rotatable bonds is 4. The quantitative estimate of drug-likeness (QED) is 0.687. The van der Waals surface area contributed by atoms with Crippen LogP contribution in [0.15, 0.2) is 36.4 Å². The van der Waals surface area contributed by atoms with Gasteiger partial charge in [-0.15, -0.1) is 0 Å². The molecule has 0 aromatic heterocycles. The summed E-state index contributed by atoms with van der Waals surface area (Å²) in [4.78, 5) is 0. The third-order valence-electron chi connectivity index (χ3n) is 4.34. The van der Waals surface area contributed by atoms with E-state index in [9.17, 15) is 41.8 Å². The predicted octanol–water partition coefficient (Wildman–Crippen LogP) is 4.37. The summed E-state index contributed by atoms with van der Waals surface area (Å²) in [5.74, 6) is -1.91. The Morgan fingerprint density at radius 1 is 0.645 bits per heavy atom. The average Bonchev–Trinajstić information content (AvgIpc) is 2.71. The van der Waals surface area contributed by atoms with Crippen molar-refractivity contribution in [3.63, 3.8) is 0 Å². The molecule has 0 bridgehead atoms. The van der Waals surface area contributed by atoms with E-state index in [-0.39, 0.29) is 0 Å². The van der Waals surface area contributed by atoms with Crippen LogP contribution >= 0.6 is 0 Å². The molecule has 0 radical (unpaired) electrons. The largest absolute Gasteiger partial charge is 0.416 e. The van der Waals surface area contributed by atoms with E-state index < -0.39 is 63.9 Å². The molecule has 0 heterocycles. The summed E-state index contributed by atoms with van der Waals surface area (Å²) in [7, 11) is 0. The Morgan fingerprint density at radius 3 is 1.26 bits per heavy atom. The fourth-order valence-corrected chi connectivity index (χ4v) is 2.83. The van der Waals surface area contributed by atoms with Gasteiger partial charge in [0.25, 0.3) is 0 Å². The molecule has 2 aromatic carbocycles. The normalized spacial score (nSPS) is 14.6. The molecule has 0 saturated carbocycles. The molecule has 0 fully saturated rings. The van der Waals surface area contributed by atoms with Crippen molar-refractivity contribution in [2.45, 2.75) is 24.6 Å². The SMILES string of the molecule is N#Cc1cc(C(O)C(C#N)C(O)c2cc(C#N)cc(C(F)(F)F)c2)cc(C(F)(F)F)c1. The standard InChI is InChI=1S/C20H11F6N3O2/c21-19(22,23)14-3-10(7-27)1-12(5-14)17(30)16(9-29)18(31)13-2-11(8-28)4-15(6-13)20(24,25)26/h1-6,16-18,30-31H. The monoisotopic (exact) mass is 439 g/mol. The Labute approximate surface area is 171 Å². The molecular formula is C20H11F6N3O2. The molecule has 2 aromatic rings. The minimum absolute atomic E-state index is 0.468. The zero-order chi connectivity index (χ0) is 23.6. The van der Waals surface area contributed by atoms with E-state index in [1.165, 1.54) is 18.2 Å². The van der Waals surface area contributed by atoms with Gasteiger partial charge in [-0.3, -0.25) is 0 Å². The van der Waals surface area contributed by atoms with Gasteiger partial charge in [-0.2, -0.15) is 42.1 Å². The van der Waals surface area contributed by atoms with Gasteiger partial charge in [-0.25, -0.2) is 0 Å². The second kappa shape index (κ2) is 8.65. The summed E-state index contributed by atoms with van der Waals surface area (Å²) in [5, 5.41) is 48.1. The lowest BCUT2D eigenvalue weighted by molar-refractivity contribution is -0.138. The van der Waals surface area contributed by atoms with Crippen molar-refractivity contribution < 1.29 is 36.6 Å². The summed E-state index contributed by atoms with van der Waals surface area (Å²) >= 11 is 0. The smallest absolute Gasteiger partial charge is 0.387 e. The number of alkyl halides is 6. The first-order valence-corrected chi connectivity index (χ1v) is 8.32. The molecule has 0 aliphatic heterocycles. The van der Waals surface area contributed by atoms with Gasteiger partial charge in [0.1, 0.15) is 5.92 Å². The Kier molecular flexibility index (Phi) is 6.61. The minimum Gasteiger partial charge on any atom is -0.387 e. The van der Waals surface area contributed by atoms with E-state index in [1.54, 1.807) is 0 Å². The van der Waals surface area contributed by atoms with Crippen LogP contribution in [0.2, 0.25) is 0 Å². The van der Waals surface area contributed by atoms with Crippen molar-refractivity contribution in [2.75, 3.05) is 0 Å². The zero-order valence-electron chi connectivity index (χ0n) is 15.2. The van der Waals surface area contributed by atoms with Crippen LogP contribution in [-0.2, 0) is 12.4 Å². The number of benzene rings is 2. The molecule has 5 nitrogen and oxygen atoms in total. The van der Waals surface area contributed by atoms with Crippen molar-refractivity contribution in [1.82, 2.24) is 0 Å². The van der Waals surface area contributed by atoms with Crippen molar-refractivity contribution in [3.05, 3.63) is 69.8 Å². The van der Waals surface area contributed by atoms with Crippen LogP contribution < -0.4 is 0 Å². The van der Waals surface area contributed by atoms with E-state index in [0.717, 1.165) is 12.1 Å². The van der Waals surface area contributed by atoms with Crippen LogP contribution in [0.3, 0.4) is 0 Å². The maximum atomic E-state index is 13.1. The van der Waals surface area contributed by atoms with Crippen molar-refractivity contribution in [3.8, 4) is 18.2 Å². The molecule has 31 heavy (non-hydrogen) atoms. The van der Waals surface area contributed by atoms with Gasteiger partial charge < -0.3 is 10.2 Å². The van der Waals surface area contributed by atoms with Gasteiger partial charge in [0.05, 0.1) is 52.7 Å². The Morgan fingerprint density at radius 2 is 1.00 bits per heavy atom. The summed E-state index contributed by atoms with van der Waals surface area (Å²) in [6, 6.07) is 8.10. The highest BCUT2D eigenvalue weighted by Gasteiger charge is 2.36. The summed E-state index contributed by atoms with van der Waals surface area (Å²) < 4.78 is 78.3.